The van der Waals surface area contributed by atoms with Crippen LogP contribution in [0.15, 0.2) is 0 Å². The molecule has 0 aromatic heterocycles. The predicted molar refractivity (Wildman–Crippen MR) is 165 cm³/mol. The van der Waals surface area contributed by atoms with Crippen LogP contribution < -0.4 is 0 Å². The SMILES string of the molecule is CCCCCCCCC[P+](CCCCCCCC)(CCCCCCCC)CCCCCCCC. The van der Waals surface area contributed by atoms with E-state index < -0.39 is 7.26 Å². The highest BCUT2D eigenvalue weighted by atomic mass is 31.2. The molecule has 0 unspecified atom stereocenters. The summed E-state index contributed by atoms with van der Waals surface area (Å²) in [6.45, 7) is 9.38. The average molecular weight is 498 g/mol. The summed E-state index contributed by atoms with van der Waals surface area (Å²) in [6.07, 6.45) is 43.6. The van der Waals surface area contributed by atoms with Crippen LogP contribution in [0.5, 0.6) is 0 Å². The van der Waals surface area contributed by atoms with Crippen molar-refractivity contribution in [1.82, 2.24) is 0 Å². The number of hydrogen-bond donors (Lipinski definition) is 0. The number of rotatable bonds is 29. The molecule has 0 rings (SSSR count). The van der Waals surface area contributed by atoms with Crippen LogP contribution in [0.2, 0.25) is 0 Å². The van der Waals surface area contributed by atoms with Gasteiger partial charge in [0.05, 0.1) is 24.6 Å². The molecule has 0 saturated carbocycles. The maximum absolute atomic E-state index is 2.35. The molecule has 0 aliphatic carbocycles. The summed E-state index contributed by atoms with van der Waals surface area (Å²) in [5.74, 6) is 0. The smallest absolute Gasteiger partial charge is 0.0594 e. The second kappa shape index (κ2) is 28.0. The summed E-state index contributed by atoms with van der Waals surface area (Å²) in [5.41, 5.74) is 0. The van der Waals surface area contributed by atoms with Crippen molar-refractivity contribution in [2.75, 3.05) is 24.6 Å². The van der Waals surface area contributed by atoms with Gasteiger partial charge in [-0.3, -0.25) is 0 Å². The van der Waals surface area contributed by atoms with E-state index in [0.717, 1.165) is 0 Å². The van der Waals surface area contributed by atoms with E-state index in [2.05, 4.69) is 27.7 Å². The maximum atomic E-state index is 2.35. The second-order valence-corrected chi connectivity index (χ2v) is 16.1. The molecule has 206 valence electrons. The third-order valence-corrected chi connectivity index (χ3v) is 13.3. The van der Waals surface area contributed by atoms with E-state index in [1.807, 2.05) is 0 Å². The Morgan fingerprint density at radius 2 is 0.412 bits per heavy atom. The molecular formula is C33H70P+. The van der Waals surface area contributed by atoms with Crippen molar-refractivity contribution in [2.45, 2.75) is 188 Å². The van der Waals surface area contributed by atoms with E-state index in [1.165, 1.54) is 135 Å². The molecule has 0 aliphatic heterocycles. The van der Waals surface area contributed by atoms with Gasteiger partial charge in [0.25, 0.3) is 0 Å². The molecule has 0 bridgehead atoms. The fraction of sp³-hybridized carbons (Fsp3) is 1.00. The number of hydrogen-bond acceptors (Lipinski definition) is 0. The van der Waals surface area contributed by atoms with E-state index in [9.17, 15) is 0 Å². The standard InChI is InChI=1S/C33H70P/c1-5-9-13-17-21-25-29-33-34(30-26-22-18-14-10-6-2,31-27-23-19-15-11-7-3)32-28-24-20-16-12-8-4/h5-33H2,1-4H3/q+1. The van der Waals surface area contributed by atoms with Crippen molar-refractivity contribution >= 4 is 7.26 Å². The van der Waals surface area contributed by atoms with E-state index in [0.29, 0.717) is 0 Å². The first-order valence-corrected chi connectivity index (χ1v) is 19.1. The normalized spacial score (nSPS) is 12.0. The van der Waals surface area contributed by atoms with Crippen LogP contribution in [0.4, 0.5) is 0 Å². The lowest BCUT2D eigenvalue weighted by Crippen LogP contribution is -2.13. The maximum Gasteiger partial charge on any atom is 0.0594 e. The second-order valence-electron chi connectivity index (χ2n) is 11.7. The van der Waals surface area contributed by atoms with Crippen LogP contribution in [-0.2, 0) is 0 Å². The quantitative estimate of drug-likeness (QED) is 0.0711. The fourth-order valence-corrected chi connectivity index (χ4v) is 10.7. The Hall–Kier alpha value is 0.430. The average Bonchev–Trinajstić information content (AvgIpc) is 2.85. The molecule has 0 saturated heterocycles. The summed E-state index contributed by atoms with van der Waals surface area (Å²) >= 11 is 0. The zero-order valence-corrected chi connectivity index (χ0v) is 25.8. The van der Waals surface area contributed by atoms with E-state index in [4.69, 9.17) is 0 Å². The lowest BCUT2D eigenvalue weighted by Gasteiger charge is -2.28. The van der Waals surface area contributed by atoms with Crippen LogP contribution in [0.1, 0.15) is 188 Å². The Morgan fingerprint density at radius 3 is 0.618 bits per heavy atom. The first-order chi connectivity index (χ1) is 16.7. The molecule has 0 N–H and O–H groups in total. The van der Waals surface area contributed by atoms with Crippen molar-refractivity contribution in [3.05, 3.63) is 0 Å². The van der Waals surface area contributed by atoms with E-state index in [1.54, 1.807) is 50.3 Å². The first kappa shape index (κ1) is 34.4. The lowest BCUT2D eigenvalue weighted by molar-refractivity contribution is 0.599. The molecule has 0 spiro atoms. The Morgan fingerprint density at radius 1 is 0.235 bits per heavy atom. The molecule has 1 heteroatoms. The van der Waals surface area contributed by atoms with Crippen LogP contribution in [0, 0.1) is 0 Å². The van der Waals surface area contributed by atoms with Crippen LogP contribution in [-0.4, -0.2) is 24.6 Å². The van der Waals surface area contributed by atoms with E-state index in [-0.39, 0.29) is 0 Å². The van der Waals surface area contributed by atoms with E-state index >= 15 is 0 Å². The molecule has 0 aromatic carbocycles. The molecule has 0 atom stereocenters. The van der Waals surface area contributed by atoms with Gasteiger partial charge in [-0.2, -0.15) is 0 Å². The molecule has 0 radical (unpaired) electrons. The van der Waals surface area contributed by atoms with Crippen molar-refractivity contribution in [3.63, 3.8) is 0 Å². The topological polar surface area (TPSA) is 0 Å². The summed E-state index contributed by atoms with van der Waals surface area (Å²) in [4.78, 5) is 0. The Labute approximate surface area is 220 Å². The molecule has 0 nitrogen and oxygen atoms in total. The zero-order chi connectivity index (χ0) is 25.0. The van der Waals surface area contributed by atoms with Gasteiger partial charge in [0.15, 0.2) is 0 Å². The largest absolute Gasteiger partial charge is 0.0654 e. The summed E-state index contributed by atoms with van der Waals surface area (Å²) in [7, 11) is -0.724. The van der Waals surface area contributed by atoms with Crippen LogP contribution in [0.25, 0.3) is 0 Å². The molecule has 0 aromatic rings. The van der Waals surface area contributed by atoms with Crippen molar-refractivity contribution in [3.8, 4) is 0 Å². The summed E-state index contributed by atoms with van der Waals surface area (Å²) in [5, 5.41) is 0. The minimum absolute atomic E-state index is 0.724. The van der Waals surface area contributed by atoms with Crippen LogP contribution in [0.3, 0.4) is 0 Å². The summed E-state index contributed by atoms with van der Waals surface area (Å²) < 4.78 is 0. The van der Waals surface area contributed by atoms with Gasteiger partial charge in [0.2, 0.25) is 0 Å². The minimum atomic E-state index is -0.724. The molecule has 0 amide bonds. The highest BCUT2D eigenvalue weighted by Crippen LogP contribution is 2.61. The zero-order valence-electron chi connectivity index (χ0n) is 25.0. The predicted octanol–water partition coefficient (Wildman–Crippen LogP) is 12.8. The fourth-order valence-electron chi connectivity index (χ4n) is 5.76. The number of unbranched alkanes of at least 4 members (excludes halogenated alkanes) is 21. The van der Waals surface area contributed by atoms with Crippen molar-refractivity contribution in [1.29, 1.82) is 0 Å². The third-order valence-electron chi connectivity index (χ3n) is 8.19. The van der Waals surface area contributed by atoms with Gasteiger partial charge in [-0.1, -0.05) is 137 Å². The molecular weight excluding hydrogens is 427 g/mol. The van der Waals surface area contributed by atoms with Crippen LogP contribution >= 0.6 is 7.26 Å². The Balaban J connectivity index is 4.74. The lowest BCUT2D eigenvalue weighted by atomic mass is 10.1. The van der Waals surface area contributed by atoms with Gasteiger partial charge in [-0.05, 0) is 51.4 Å². The third kappa shape index (κ3) is 22.9. The van der Waals surface area contributed by atoms with Crippen molar-refractivity contribution < 1.29 is 0 Å². The van der Waals surface area contributed by atoms with Gasteiger partial charge in [-0.15, -0.1) is 0 Å². The minimum Gasteiger partial charge on any atom is -0.0654 e. The van der Waals surface area contributed by atoms with Crippen molar-refractivity contribution in [2.24, 2.45) is 0 Å². The van der Waals surface area contributed by atoms with Gasteiger partial charge in [0, 0.05) is 7.26 Å². The molecule has 0 heterocycles. The molecule has 0 fully saturated rings. The summed E-state index contributed by atoms with van der Waals surface area (Å²) in [6, 6.07) is 0. The van der Waals surface area contributed by atoms with Gasteiger partial charge >= 0.3 is 0 Å². The molecule has 0 aliphatic rings. The van der Waals surface area contributed by atoms with Gasteiger partial charge in [-0.25, -0.2) is 0 Å². The Kier molecular flexibility index (Phi) is 28.4. The first-order valence-electron chi connectivity index (χ1n) is 16.6. The van der Waals surface area contributed by atoms with Gasteiger partial charge in [0.1, 0.15) is 0 Å². The monoisotopic (exact) mass is 498 g/mol. The highest BCUT2D eigenvalue weighted by Gasteiger charge is 2.34. The highest BCUT2D eigenvalue weighted by molar-refractivity contribution is 7.75. The molecule has 34 heavy (non-hydrogen) atoms. The Bertz CT molecular complexity index is 323. The van der Waals surface area contributed by atoms with Gasteiger partial charge < -0.3 is 0 Å².